The summed E-state index contributed by atoms with van der Waals surface area (Å²) in [7, 11) is 0. The zero-order chi connectivity index (χ0) is 14.5. The van der Waals surface area contributed by atoms with Gasteiger partial charge in [-0.25, -0.2) is 8.78 Å². The summed E-state index contributed by atoms with van der Waals surface area (Å²) < 4.78 is 25.7. The van der Waals surface area contributed by atoms with Gasteiger partial charge in [0.1, 0.15) is 0 Å². The van der Waals surface area contributed by atoms with E-state index in [-0.39, 0.29) is 12.5 Å². The van der Waals surface area contributed by atoms with Crippen LogP contribution < -0.4 is 10.6 Å². The van der Waals surface area contributed by atoms with Crippen LogP contribution in [0.4, 0.5) is 20.2 Å². The zero-order valence-corrected chi connectivity index (χ0v) is 11.0. The lowest BCUT2D eigenvalue weighted by Crippen LogP contribution is -2.21. The van der Waals surface area contributed by atoms with E-state index in [1.807, 2.05) is 0 Å². The van der Waals surface area contributed by atoms with Crippen LogP contribution in [0.15, 0.2) is 42.5 Å². The fourth-order valence-corrected chi connectivity index (χ4v) is 1.65. The van der Waals surface area contributed by atoms with Gasteiger partial charge in [-0.05, 0) is 36.4 Å². The van der Waals surface area contributed by atoms with Crippen molar-refractivity contribution < 1.29 is 13.6 Å². The van der Waals surface area contributed by atoms with Crippen molar-refractivity contribution >= 4 is 28.9 Å². The molecule has 6 heteroatoms. The molecule has 2 rings (SSSR count). The number of anilines is 2. The van der Waals surface area contributed by atoms with Gasteiger partial charge in [0.05, 0.1) is 6.54 Å². The largest absolute Gasteiger partial charge is 0.376 e. The number of hydrogen-bond donors (Lipinski definition) is 2. The number of halogens is 3. The zero-order valence-electron chi connectivity index (χ0n) is 10.3. The molecule has 104 valence electrons. The molecule has 3 nitrogen and oxygen atoms in total. The van der Waals surface area contributed by atoms with Crippen molar-refractivity contribution in [2.45, 2.75) is 0 Å². The Morgan fingerprint density at radius 2 is 1.65 bits per heavy atom. The van der Waals surface area contributed by atoms with E-state index >= 15 is 0 Å². The Morgan fingerprint density at radius 3 is 2.30 bits per heavy atom. The van der Waals surface area contributed by atoms with Gasteiger partial charge >= 0.3 is 0 Å². The number of benzene rings is 2. The summed E-state index contributed by atoms with van der Waals surface area (Å²) in [5.74, 6) is -2.20. The molecule has 0 saturated carbocycles. The molecule has 0 bridgehead atoms. The lowest BCUT2D eigenvalue weighted by atomic mass is 10.3. The second-order valence-corrected chi connectivity index (χ2v) is 4.47. The first kappa shape index (κ1) is 14.3. The van der Waals surface area contributed by atoms with Gasteiger partial charge in [-0.3, -0.25) is 4.79 Å². The van der Waals surface area contributed by atoms with E-state index in [1.165, 1.54) is 6.07 Å². The number of amides is 1. The molecule has 0 aliphatic heterocycles. The molecule has 0 saturated heterocycles. The summed E-state index contributed by atoms with van der Waals surface area (Å²) in [6.45, 7) is -0.0618. The normalized spacial score (nSPS) is 10.2. The molecule has 0 aromatic heterocycles. The number of hydrogen-bond acceptors (Lipinski definition) is 2. The number of rotatable bonds is 4. The topological polar surface area (TPSA) is 41.1 Å². The molecule has 0 aliphatic carbocycles. The lowest BCUT2D eigenvalue weighted by Gasteiger charge is -2.08. The Balaban J connectivity index is 1.88. The molecule has 0 heterocycles. The minimum absolute atomic E-state index is 0.0618. The van der Waals surface area contributed by atoms with Crippen molar-refractivity contribution in [3.05, 3.63) is 59.1 Å². The van der Waals surface area contributed by atoms with Gasteiger partial charge in [-0.2, -0.15) is 0 Å². The maximum atomic E-state index is 13.0. The highest BCUT2D eigenvalue weighted by atomic mass is 35.5. The van der Waals surface area contributed by atoms with Crippen LogP contribution in [0.5, 0.6) is 0 Å². The maximum absolute atomic E-state index is 13.0. The van der Waals surface area contributed by atoms with Gasteiger partial charge in [0.25, 0.3) is 0 Å². The van der Waals surface area contributed by atoms with Gasteiger partial charge in [-0.1, -0.05) is 11.6 Å². The van der Waals surface area contributed by atoms with Crippen LogP contribution in [0.25, 0.3) is 0 Å². The molecular formula is C14H11ClF2N2O. The molecule has 0 atom stereocenters. The fraction of sp³-hybridized carbons (Fsp3) is 0.0714. The van der Waals surface area contributed by atoms with Gasteiger partial charge in [0.2, 0.25) is 5.91 Å². The van der Waals surface area contributed by atoms with E-state index in [0.29, 0.717) is 16.4 Å². The summed E-state index contributed by atoms with van der Waals surface area (Å²) in [5, 5.41) is 5.91. The number of carbonyl (C=O) groups excluding carboxylic acids is 1. The van der Waals surface area contributed by atoms with Crippen molar-refractivity contribution in [3.63, 3.8) is 0 Å². The Labute approximate surface area is 119 Å². The Hall–Kier alpha value is -2.14. The monoisotopic (exact) mass is 296 g/mol. The van der Waals surface area contributed by atoms with Crippen LogP contribution in [0.1, 0.15) is 0 Å². The van der Waals surface area contributed by atoms with E-state index in [2.05, 4.69) is 10.6 Å². The predicted octanol–water partition coefficient (Wildman–Crippen LogP) is 3.67. The highest BCUT2D eigenvalue weighted by Crippen LogP contribution is 2.14. The minimum Gasteiger partial charge on any atom is -0.376 e. The van der Waals surface area contributed by atoms with Crippen molar-refractivity contribution in [1.82, 2.24) is 0 Å². The Bertz CT molecular complexity index is 617. The van der Waals surface area contributed by atoms with Crippen LogP contribution in [-0.4, -0.2) is 12.5 Å². The summed E-state index contributed by atoms with van der Waals surface area (Å²) in [5.41, 5.74) is 0.932. The lowest BCUT2D eigenvalue weighted by molar-refractivity contribution is -0.114. The van der Waals surface area contributed by atoms with Crippen molar-refractivity contribution in [1.29, 1.82) is 0 Å². The quantitative estimate of drug-likeness (QED) is 0.904. The Morgan fingerprint density at radius 1 is 1.00 bits per heavy atom. The van der Waals surface area contributed by atoms with Crippen LogP contribution in [0.2, 0.25) is 5.02 Å². The van der Waals surface area contributed by atoms with E-state index in [4.69, 9.17) is 11.6 Å². The average molecular weight is 297 g/mol. The molecule has 0 aliphatic rings. The first-order valence-corrected chi connectivity index (χ1v) is 6.17. The number of carbonyl (C=O) groups is 1. The second kappa shape index (κ2) is 6.34. The Kier molecular flexibility index (Phi) is 4.53. The van der Waals surface area contributed by atoms with E-state index in [1.54, 1.807) is 24.3 Å². The second-order valence-electron chi connectivity index (χ2n) is 4.04. The van der Waals surface area contributed by atoms with Crippen LogP contribution in [-0.2, 0) is 4.79 Å². The predicted molar refractivity (Wildman–Crippen MR) is 74.9 cm³/mol. The van der Waals surface area contributed by atoms with Crippen molar-refractivity contribution in [3.8, 4) is 0 Å². The van der Waals surface area contributed by atoms with E-state index in [0.717, 1.165) is 12.1 Å². The molecule has 0 spiro atoms. The summed E-state index contributed by atoms with van der Waals surface area (Å²) in [6, 6.07) is 9.98. The van der Waals surface area contributed by atoms with Crippen LogP contribution >= 0.6 is 11.6 Å². The summed E-state index contributed by atoms with van der Waals surface area (Å²) in [6.07, 6.45) is 0. The SMILES string of the molecule is O=C(CNc1ccc(F)c(F)c1)Nc1ccc(Cl)cc1. The molecule has 2 N–H and O–H groups in total. The van der Waals surface area contributed by atoms with E-state index < -0.39 is 11.6 Å². The summed E-state index contributed by atoms with van der Waals surface area (Å²) >= 11 is 5.73. The highest BCUT2D eigenvalue weighted by molar-refractivity contribution is 6.30. The van der Waals surface area contributed by atoms with Gasteiger partial charge in [0.15, 0.2) is 11.6 Å². The van der Waals surface area contributed by atoms with Crippen LogP contribution in [0.3, 0.4) is 0 Å². The number of nitrogens with one attached hydrogen (secondary N) is 2. The third-order valence-corrected chi connectivity index (χ3v) is 2.75. The fourth-order valence-electron chi connectivity index (χ4n) is 1.53. The molecule has 0 fully saturated rings. The highest BCUT2D eigenvalue weighted by Gasteiger charge is 2.05. The van der Waals surface area contributed by atoms with Gasteiger partial charge in [0, 0.05) is 22.5 Å². The third-order valence-electron chi connectivity index (χ3n) is 2.50. The van der Waals surface area contributed by atoms with E-state index in [9.17, 15) is 13.6 Å². The van der Waals surface area contributed by atoms with Crippen molar-refractivity contribution in [2.75, 3.05) is 17.2 Å². The molecule has 0 radical (unpaired) electrons. The van der Waals surface area contributed by atoms with Crippen LogP contribution in [0, 0.1) is 11.6 Å². The molecule has 0 unspecified atom stereocenters. The molecular weight excluding hydrogens is 286 g/mol. The average Bonchev–Trinajstić information content (AvgIpc) is 2.43. The molecule has 1 amide bonds. The maximum Gasteiger partial charge on any atom is 0.243 e. The van der Waals surface area contributed by atoms with Crippen molar-refractivity contribution in [2.24, 2.45) is 0 Å². The minimum atomic E-state index is -0.965. The first-order valence-electron chi connectivity index (χ1n) is 5.79. The molecule has 2 aromatic carbocycles. The third kappa shape index (κ3) is 3.93. The summed E-state index contributed by atoms with van der Waals surface area (Å²) in [4.78, 5) is 11.6. The smallest absolute Gasteiger partial charge is 0.243 e. The van der Waals surface area contributed by atoms with Gasteiger partial charge in [-0.15, -0.1) is 0 Å². The molecule has 20 heavy (non-hydrogen) atoms. The first-order chi connectivity index (χ1) is 9.54. The standard InChI is InChI=1S/C14H11ClF2N2O/c15-9-1-3-10(4-2-9)19-14(20)8-18-11-5-6-12(16)13(17)7-11/h1-7,18H,8H2,(H,19,20). The van der Waals surface area contributed by atoms with Gasteiger partial charge < -0.3 is 10.6 Å². The molecule has 2 aromatic rings.